The van der Waals surface area contributed by atoms with Crippen LogP contribution >= 0.6 is 11.3 Å². The minimum Gasteiger partial charge on any atom is -0.299 e. The maximum absolute atomic E-state index is 5.00. The highest BCUT2D eigenvalue weighted by atomic mass is 32.1. The third-order valence-corrected chi connectivity index (χ3v) is 17.7. The van der Waals surface area contributed by atoms with E-state index < -0.39 is 8.07 Å². The number of imidazole rings is 1. The largest absolute Gasteiger partial charge is 0.299 e. The standard InChI is InChI=1S/C50H32N4SSi/c1-3-13-33(14-4-1)56(34-15-5-2-6-16-34,35-22-24-37-38-17-7-9-19-44(38)53-30-29-52-50(53)43(37)31-35)36-23-25-39-41-26-27-42-40-18-8-10-20-46(40)55-49(42)48(41)54(45(39)32-36)47-21-11-12-28-51-47/h1-32H. The fraction of sp³-hybridized carbons (Fsp3) is 0. The molecule has 0 aliphatic rings. The van der Waals surface area contributed by atoms with Crippen LogP contribution in [0.3, 0.4) is 0 Å². The first-order chi connectivity index (χ1) is 27.8. The van der Waals surface area contributed by atoms with Crippen molar-refractivity contribution in [1.29, 1.82) is 0 Å². The molecule has 4 nitrogen and oxygen atoms in total. The number of hydrogen-bond acceptors (Lipinski definition) is 3. The number of nitrogens with zero attached hydrogens (tertiary/aromatic N) is 4. The monoisotopic (exact) mass is 748 g/mol. The van der Waals surface area contributed by atoms with Crippen LogP contribution in [0.15, 0.2) is 195 Å². The van der Waals surface area contributed by atoms with Crippen molar-refractivity contribution in [3.05, 3.63) is 195 Å². The van der Waals surface area contributed by atoms with Crippen LogP contribution in [-0.4, -0.2) is 27.0 Å². The predicted octanol–water partition coefficient (Wildman–Crippen LogP) is 9.88. The first kappa shape index (κ1) is 31.5. The van der Waals surface area contributed by atoms with Gasteiger partial charge in [-0.1, -0.05) is 146 Å². The van der Waals surface area contributed by atoms with E-state index in [9.17, 15) is 0 Å². The Morgan fingerprint density at radius 2 is 1.07 bits per heavy atom. The maximum Gasteiger partial charge on any atom is 0.179 e. The van der Waals surface area contributed by atoms with Gasteiger partial charge < -0.3 is 0 Å². The van der Waals surface area contributed by atoms with Crippen LogP contribution in [0.4, 0.5) is 0 Å². The minimum absolute atomic E-state index is 0.917. The number of rotatable bonds is 5. The van der Waals surface area contributed by atoms with E-state index in [1.54, 1.807) is 0 Å². The Morgan fingerprint density at radius 3 is 1.86 bits per heavy atom. The first-order valence-electron chi connectivity index (χ1n) is 19.0. The van der Waals surface area contributed by atoms with E-state index in [1.807, 2.05) is 29.8 Å². The maximum atomic E-state index is 5.00. The van der Waals surface area contributed by atoms with Gasteiger partial charge in [0.1, 0.15) is 11.5 Å². The van der Waals surface area contributed by atoms with Crippen LogP contribution in [-0.2, 0) is 0 Å². The minimum atomic E-state index is -2.99. The molecule has 7 aromatic carbocycles. The molecule has 12 aromatic rings. The zero-order valence-corrected chi connectivity index (χ0v) is 32.0. The highest BCUT2D eigenvalue weighted by Gasteiger charge is 2.42. The Bertz CT molecular complexity index is 3440. The Morgan fingerprint density at radius 1 is 0.429 bits per heavy atom. The van der Waals surface area contributed by atoms with E-state index in [2.05, 4.69) is 185 Å². The van der Waals surface area contributed by atoms with Crippen molar-refractivity contribution in [2.45, 2.75) is 0 Å². The average molecular weight is 749 g/mol. The highest BCUT2D eigenvalue weighted by molar-refractivity contribution is 7.26. The summed E-state index contributed by atoms with van der Waals surface area (Å²) in [5.74, 6) is 0.917. The summed E-state index contributed by atoms with van der Waals surface area (Å²) in [6.07, 6.45) is 5.91. The van der Waals surface area contributed by atoms with Crippen molar-refractivity contribution in [2.75, 3.05) is 0 Å². The normalized spacial score (nSPS) is 12.3. The van der Waals surface area contributed by atoms with E-state index in [1.165, 1.54) is 68.0 Å². The van der Waals surface area contributed by atoms with Crippen molar-refractivity contribution in [2.24, 2.45) is 0 Å². The second-order valence-corrected chi connectivity index (χ2v) is 19.4. The van der Waals surface area contributed by atoms with Crippen LogP contribution in [0.5, 0.6) is 0 Å². The van der Waals surface area contributed by atoms with Gasteiger partial charge in [0, 0.05) is 55.6 Å². The molecule has 0 radical (unpaired) electrons. The SMILES string of the molecule is c1ccc([Si](c2ccccc2)(c2ccc3c4ccccc4n4ccnc4c3c2)c2ccc3c4ccc5c6ccccc6sc5c4n(-c4ccccn4)c3c2)cc1. The lowest BCUT2D eigenvalue weighted by Crippen LogP contribution is -2.74. The van der Waals surface area contributed by atoms with Gasteiger partial charge in [0.05, 0.1) is 21.3 Å². The van der Waals surface area contributed by atoms with Gasteiger partial charge in [-0.3, -0.25) is 8.97 Å². The summed E-state index contributed by atoms with van der Waals surface area (Å²) in [7, 11) is -2.99. The van der Waals surface area contributed by atoms with Crippen molar-refractivity contribution in [1.82, 2.24) is 18.9 Å². The number of aromatic nitrogens is 4. The number of hydrogen-bond donors (Lipinski definition) is 0. The van der Waals surface area contributed by atoms with Gasteiger partial charge in [0.25, 0.3) is 0 Å². The molecule has 0 saturated carbocycles. The second kappa shape index (κ2) is 12.1. The van der Waals surface area contributed by atoms with E-state index in [4.69, 9.17) is 9.97 Å². The van der Waals surface area contributed by atoms with Gasteiger partial charge in [-0.05, 0) is 56.5 Å². The number of para-hydroxylation sites is 1. The molecule has 0 saturated heterocycles. The molecule has 0 atom stereocenters. The molecule has 262 valence electrons. The predicted molar refractivity (Wildman–Crippen MR) is 239 cm³/mol. The number of pyridine rings is 2. The van der Waals surface area contributed by atoms with E-state index in [0.717, 1.165) is 27.9 Å². The van der Waals surface area contributed by atoms with Crippen LogP contribution in [0.2, 0.25) is 0 Å². The Hall–Kier alpha value is -6.86. The van der Waals surface area contributed by atoms with Crippen molar-refractivity contribution >= 4 is 109 Å². The van der Waals surface area contributed by atoms with Gasteiger partial charge in [-0.15, -0.1) is 11.3 Å². The lowest BCUT2D eigenvalue weighted by atomic mass is 10.1. The number of benzene rings is 7. The zero-order valence-electron chi connectivity index (χ0n) is 30.2. The smallest absolute Gasteiger partial charge is 0.179 e. The highest BCUT2D eigenvalue weighted by Crippen LogP contribution is 2.42. The second-order valence-electron chi connectivity index (χ2n) is 14.6. The molecule has 5 heterocycles. The molecule has 5 aromatic heterocycles. The molecule has 0 bridgehead atoms. The molecular weight excluding hydrogens is 717 g/mol. The van der Waals surface area contributed by atoms with E-state index >= 15 is 0 Å². The molecule has 0 amide bonds. The average Bonchev–Trinajstić information content (AvgIpc) is 4.00. The molecule has 56 heavy (non-hydrogen) atoms. The molecule has 0 unspecified atom stereocenters. The number of thiophene rings is 1. The molecule has 0 aliphatic heterocycles. The Kier molecular flexibility index (Phi) is 6.79. The van der Waals surface area contributed by atoms with Gasteiger partial charge in [0.2, 0.25) is 0 Å². The summed E-state index contributed by atoms with van der Waals surface area (Å²) in [6.45, 7) is 0. The quantitative estimate of drug-likeness (QED) is 0.0999. The van der Waals surface area contributed by atoms with E-state index in [0.29, 0.717) is 0 Å². The molecule has 0 N–H and O–H groups in total. The molecule has 12 rings (SSSR count). The van der Waals surface area contributed by atoms with Crippen molar-refractivity contribution in [3.63, 3.8) is 0 Å². The van der Waals surface area contributed by atoms with Crippen molar-refractivity contribution in [3.8, 4) is 5.82 Å². The first-order valence-corrected chi connectivity index (χ1v) is 21.8. The van der Waals surface area contributed by atoms with Crippen LogP contribution in [0, 0.1) is 0 Å². The molecule has 6 heteroatoms. The molecule has 0 fully saturated rings. The van der Waals surface area contributed by atoms with Crippen LogP contribution in [0.25, 0.3) is 75.1 Å². The lowest BCUT2D eigenvalue weighted by Gasteiger charge is -2.35. The molecular formula is C50H32N4SSi. The number of fused-ring (bicyclic) bond motifs is 13. The summed E-state index contributed by atoms with van der Waals surface area (Å²) in [5.41, 5.74) is 4.51. The van der Waals surface area contributed by atoms with Gasteiger partial charge >= 0.3 is 0 Å². The van der Waals surface area contributed by atoms with Gasteiger partial charge in [0.15, 0.2) is 8.07 Å². The van der Waals surface area contributed by atoms with Gasteiger partial charge in [-0.2, -0.15) is 0 Å². The molecule has 0 spiro atoms. The summed E-state index contributed by atoms with van der Waals surface area (Å²) >= 11 is 1.87. The summed E-state index contributed by atoms with van der Waals surface area (Å²) in [4.78, 5) is 9.96. The Labute approximate surface area is 327 Å². The summed E-state index contributed by atoms with van der Waals surface area (Å²) < 4.78 is 7.24. The topological polar surface area (TPSA) is 35.1 Å². The zero-order chi connectivity index (χ0) is 36.8. The van der Waals surface area contributed by atoms with Gasteiger partial charge in [-0.25, -0.2) is 9.97 Å². The van der Waals surface area contributed by atoms with E-state index in [-0.39, 0.29) is 0 Å². The Balaban J connectivity index is 1.24. The van der Waals surface area contributed by atoms with Crippen molar-refractivity contribution < 1.29 is 0 Å². The van der Waals surface area contributed by atoms with Crippen LogP contribution < -0.4 is 20.7 Å². The van der Waals surface area contributed by atoms with Crippen LogP contribution in [0.1, 0.15) is 0 Å². The summed E-state index contributed by atoms with van der Waals surface area (Å²) in [5, 5.41) is 13.9. The molecule has 0 aliphatic carbocycles. The third-order valence-electron chi connectivity index (χ3n) is 11.8. The fourth-order valence-electron chi connectivity index (χ4n) is 9.42. The third kappa shape index (κ3) is 4.33. The summed E-state index contributed by atoms with van der Waals surface area (Å²) in [6, 6.07) is 65.2. The fourth-order valence-corrected chi connectivity index (χ4v) is 15.4. The lowest BCUT2D eigenvalue weighted by molar-refractivity contribution is 1.09.